The van der Waals surface area contributed by atoms with Crippen molar-refractivity contribution in [3.8, 4) is 0 Å². The fourth-order valence-electron chi connectivity index (χ4n) is 4.78. The predicted molar refractivity (Wildman–Crippen MR) is 152 cm³/mol. The molecule has 0 aliphatic carbocycles. The SMILES string of the molecule is OC[C@H]1OC(OCc2ccccc2)[C@H](OCc2ccccc2)[C@@H](OCc2ccccc2)[C@@H]1OCc1ccccc1. The molecule has 0 spiro atoms. The van der Waals surface area contributed by atoms with E-state index in [9.17, 15) is 5.11 Å². The summed E-state index contributed by atoms with van der Waals surface area (Å²) in [6, 6.07) is 39.8. The summed E-state index contributed by atoms with van der Waals surface area (Å²) >= 11 is 0. The van der Waals surface area contributed by atoms with Gasteiger partial charge in [0.25, 0.3) is 0 Å². The molecule has 1 aliphatic heterocycles. The van der Waals surface area contributed by atoms with Gasteiger partial charge in [-0.25, -0.2) is 0 Å². The fourth-order valence-corrected chi connectivity index (χ4v) is 4.78. The second-order valence-corrected chi connectivity index (χ2v) is 9.81. The molecule has 0 bridgehead atoms. The lowest BCUT2D eigenvalue weighted by Crippen LogP contribution is -2.61. The first-order valence-corrected chi connectivity index (χ1v) is 13.7. The van der Waals surface area contributed by atoms with Crippen LogP contribution in [0.25, 0.3) is 0 Å². The lowest BCUT2D eigenvalue weighted by Gasteiger charge is -2.45. The van der Waals surface area contributed by atoms with Crippen LogP contribution in [0.2, 0.25) is 0 Å². The van der Waals surface area contributed by atoms with Gasteiger partial charge >= 0.3 is 0 Å². The minimum atomic E-state index is -0.779. The van der Waals surface area contributed by atoms with E-state index in [1.54, 1.807) is 0 Å². The van der Waals surface area contributed by atoms with Crippen molar-refractivity contribution in [3.63, 3.8) is 0 Å². The molecule has 5 rings (SSSR count). The molecule has 40 heavy (non-hydrogen) atoms. The Morgan fingerprint density at radius 3 is 1.20 bits per heavy atom. The lowest BCUT2D eigenvalue weighted by molar-refractivity contribution is -0.329. The largest absolute Gasteiger partial charge is 0.394 e. The van der Waals surface area contributed by atoms with E-state index < -0.39 is 30.7 Å². The van der Waals surface area contributed by atoms with Gasteiger partial charge in [-0.2, -0.15) is 0 Å². The Labute approximate surface area is 236 Å². The van der Waals surface area contributed by atoms with E-state index in [-0.39, 0.29) is 6.61 Å². The topological polar surface area (TPSA) is 66.4 Å². The van der Waals surface area contributed by atoms with Crippen molar-refractivity contribution in [2.45, 2.75) is 57.1 Å². The summed E-state index contributed by atoms with van der Waals surface area (Å²) in [4.78, 5) is 0. The average Bonchev–Trinajstić information content (AvgIpc) is 3.03. The van der Waals surface area contributed by atoms with Crippen LogP contribution in [0.15, 0.2) is 121 Å². The second-order valence-electron chi connectivity index (χ2n) is 9.81. The number of aliphatic hydroxyl groups excluding tert-OH is 1. The standard InChI is InChI=1S/C34H36O6/c35-21-30-31(36-22-26-13-5-1-6-14-26)32(37-23-27-15-7-2-8-16-27)33(38-24-28-17-9-3-10-18-28)34(40-30)39-25-29-19-11-4-12-20-29/h1-20,30-35H,21-25H2/t30-,31-,32+,33-,34?/m1/s1. The van der Waals surface area contributed by atoms with Gasteiger partial charge in [0, 0.05) is 0 Å². The lowest BCUT2D eigenvalue weighted by atomic mass is 9.97. The third kappa shape index (κ3) is 7.86. The second kappa shape index (κ2) is 14.9. The summed E-state index contributed by atoms with van der Waals surface area (Å²) in [5.41, 5.74) is 4.08. The summed E-state index contributed by atoms with van der Waals surface area (Å²) in [5.74, 6) is 0. The van der Waals surface area contributed by atoms with Gasteiger partial charge in [-0.1, -0.05) is 121 Å². The summed E-state index contributed by atoms with van der Waals surface area (Å²) in [6.07, 6.45) is -3.22. The Kier molecular flexibility index (Phi) is 10.5. The zero-order valence-corrected chi connectivity index (χ0v) is 22.5. The van der Waals surface area contributed by atoms with Gasteiger partial charge in [0.05, 0.1) is 33.0 Å². The normalized spacial score (nSPS) is 22.7. The molecule has 4 aromatic rings. The molecule has 1 aliphatic rings. The number of hydrogen-bond donors (Lipinski definition) is 1. The monoisotopic (exact) mass is 540 g/mol. The third-order valence-corrected chi connectivity index (χ3v) is 6.88. The predicted octanol–water partition coefficient (Wildman–Crippen LogP) is 5.68. The molecule has 4 aromatic carbocycles. The third-order valence-electron chi connectivity index (χ3n) is 6.88. The van der Waals surface area contributed by atoms with Gasteiger partial charge in [-0.3, -0.25) is 0 Å². The number of rotatable bonds is 13. The summed E-state index contributed by atoms with van der Waals surface area (Å²) in [7, 11) is 0. The van der Waals surface area contributed by atoms with E-state index in [1.165, 1.54) is 0 Å². The maximum Gasteiger partial charge on any atom is 0.187 e. The van der Waals surface area contributed by atoms with Crippen LogP contribution < -0.4 is 0 Å². The zero-order chi connectivity index (χ0) is 27.4. The van der Waals surface area contributed by atoms with E-state index in [1.807, 2.05) is 121 Å². The summed E-state index contributed by atoms with van der Waals surface area (Å²) < 4.78 is 32.1. The smallest absolute Gasteiger partial charge is 0.187 e. The molecular formula is C34H36O6. The zero-order valence-electron chi connectivity index (χ0n) is 22.5. The van der Waals surface area contributed by atoms with E-state index in [0.717, 1.165) is 22.3 Å². The molecule has 0 amide bonds. The highest BCUT2D eigenvalue weighted by molar-refractivity contribution is 5.16. The highest BCUT2D eigenvalue weighted by atomic mass is 16.7. The van der Waals surface area contributed by atoms with Gasteiger partial charge in [-0.05, 0) is 22.3 Å². The van der Waals surface area contributed by atoms with Crippen LogP contribution in [0.5, 0.6) is 0 Å². The molecule has 0 aromatic heterocycles. The molecule has 1 unspecified atom stereocenters. The Hall–Kier alpha value is -3.36. The van der Waals surface area contributed by atoms with Crippen LogP contribution in [0.3, 0.4) is 0 Å². The molecule has 1 heterocycles. The highest BCUT2D eigenvalue weighted by Crippen LogP contribution is 2.31. The first-order valence-electron chi connectivity index (χ1n) is 13.7. The molecule has 1 N–H and O–H groups in total. The van der Waals surface area contributed by atoms with E-state index >= 15 is 0 Å². The minimum absolute atomic E-state index is 0.249. The van der Waals surface area contributed by atoms with Crippen LogP contribution in [0, 0.1) is 0 Å². The van der Waals surface area contributed by atoms with Crippen molar-refractivity contribution in [1.29, 1.82) is 0 Å². The van der Waals surface area contributed by atoms with Crippen LogP contribution in [-0.4, -0.2) is 42.4 Å². The fraction of sp³-hybridized carbons (Fsp3) is 0.294. The molecule has 0 saturated carbocycles. The van der Waals surface area contributed by atoms with Crippen molar-refractivity contribution < 1.29 is 28.8 Å². The maximum absolute atomic E-state index is 10.4. The van der Waals surface area contributed by atoms with Crippen molar-refractivity contribution in [2.75, 3.05) is 6.61 Å². The quantitative estimate of drug-likeness (QED) is 0.236. The number of aliphatic hydroxyl groups is 1. The van der Waals surface area contributed by atoms with Crippen molar-refractivity contribution in [2.24, 2.45) is 0 Å². The Morgan fingerprint density at radius 2 is 0.800 bits per heavy atom. The van der Waals surface area contributed by atoms with Gasteiger partial charge in [-0.15, -0.1) is 0 Å². The van der Waals surface area contributed by atoms with Crippen molar-refractivity contribution in [1.82, 2.24) is 0 Å². The Balaban J connectivity index is 1.41. The molecule has 5 atom stereocenters. The van der Waals surface area contributed by atoms with Crippen LogP contribution in [0.4, 0.5) is 0 Å². The van der Waals surface area contributed by atoms with Gasteiger partial charge in [0.2, 0.25) is 0 Å². The minimum Gasteiger partial charge on any atom is -0.394 e. The van der Waals surface area contributed by atoms with Gasteiger partial charge < -0.3 is 28.8 Å². The van der Waals surface area contributed by atoms with E-state index in [4.69, 9.17) is 23.7 Å². The molecule has 6 heteroatoms. The molecule has 6 nitrogen and oxygen atoms in total. The number of hydrogen-bond acceptors (Lipinski definition) is 6. The number of ether oxygens (including phenoxy) is 5. The molecular weight excluding hydrogens is 504 g/mol. The Morgan fingerprint density at radius 1 is 0.450 bits per heavy atom. The van der Waals surface area contributed by atoms with Gasteiger partial charge in [0.15, 0.2) is 6.29 Å². The van der Waals surface area contributed by atoms with Crippen LogP contribution in [-0.2, 0) is 50.1 Å². The average molecular weight is 541 g/mol. The molecule has 1 saturated heterocycles. The molecule has 1 fully saturated rings. The first-order chi connectivity index (χ1) is 19.8. The van der Waals surface area contributed by atoms with Crippen molar-refractivity contribution in [3.05, 3.63) is 144 Å². The maximum atomic E-state index is 10.4. The van der Waals surface area contributed by atoms with Gasteiger partial charge in [0.1, 0.15) is 24.4 Å². The molecule has 0 radical (unpaired) electrons. The summed E-state index contributed by atoms with van der Waals surface area (Å²) in [6.45, 7) is 1.13. The summed E-state index contributed by atoms with van der Waals surface area (Å²) in [5, 5.41) is 10.4. The first kappa shape index (κ1) is 28.2. The Bertz CT molecular complexity index is 1240. The number of benzene rings is 4. The van der Waals surface area contributed by atoms with E-state index in [2.05, 4.69) is 0 Å². The van der Waals surface area contributed by atoms with Crippen LogP contribution >= 0.6 is 0 Å². The van der Waals surface area contributed by atoms with Crippen LogP contribution in [0.1, 0.15) is 22.3 Å². The van der Waals surface area contributed by atoms with Crippen molar-refractivity contribution >= 4 is 0 Å². The molecule has 208 valence electrons. The van der Waals surface area contributed by atoms with E-state index in [0.29, 0.717) is 26.4 Å². The highest BCUT2D eigenvalue weighted by Gasteiger charge is 2.48.